The Morgan fingerprint density at radius 1 is 1.11 bits per heavy atom. The van der Waals surface area contributed by atoms with Crippen LogP contribution in [0.2, 0.25) is 5.02 Å². The summed E-state index contributed by atoms with van der Waals surface area (Å²) in [6.45, 7) is 2.17. The van der Waals surface area contributed by atoms with Crippen molar-refractivity contribution in [3.63, 3.8) is 0 Å². The Balaban J connectivity index is 1.30. The molecular formula is C28H26ClF3N2O3. The van der Waals surface area contributed by atoms with Crippen molar-refractivity contribution in [2.75, 3.05) is 26.2 Å². The highest BCUT2D eigenvalue weighted by Crippen LogP contribution is 2.38. The number of rotatable bonds is 5. The molecule has 0 unspecified atom stereocenters. The van der Waals surface area contributed by atoms with E-state index in [1.807, 2.05) is 55.5 Å². The third-order valence-corrected chi connectivity index (χ3v) is 6.65. The zero-order chi connectivity index (χ0) is 26.6. The standard InChI is InChI=1S/C28H26ClF3N2O3/c1-19-16-20(2-9-24-10-6-22(17-33-24)21-4-7-23(29)8-5-21)3-11-25(19)37-15-14-34-13-12-27(36,26(35)18-34)28(30,31)32/h3-8,10-11,16-17,26,35-36H,12-15,18H2,1H3/t26-,27+/m0/s1. The van der Waals surface area contributed by atoms with Crippen LogP contribution < -0.4 is 4.74 Å². The lowest BCUT2D eigenvalue weighted by Crippen LogP contribution is -2.63. The van der Waals surface area contributed by atoms with Gasteiger partial charge in [-0.05, 0) is 60.4 Å². The smallest absolute Gasteiger partial charge is 0.419 e. The SMILES string of the molecule is Cc1cc(C#Cc2ccc(-c3ccc(Cl)cc3)cn2)ccc1OCCN1CC[C@](O)(C(F)(F)F)[C@@H](O)C1. The molecule has 9 heteroatoms. The number of piperidine rings is 1. The summed E-state index contributed by atoms with van der Waals surface area (Å²) in [6, 6.07) is 16.8. The molecule has 0 radical (unpaired) electrons. The van der Waals surface area contributed by atoms with E-state index < -0.39 is 24.3 Å². The van der Waals surface area contributed by atoms with Crippen molar-refractivity contribution >= 4 is 11.6 Å². The second-order valence-corrected chi connectivity index (χ2v) is 9.44. The molecule has 0 bridgehead atoms. The van der Waals surface area contributed by atoms with Gasteiger partial charge in [0.1, 0.15) is 24.2 Å². The monoisotopic (exact) mass is 530 g/mol. The Morgan fingerprint density at radius 3 is 2.46 bits per heavy atom. The minimum absolute atomic E-state index is 0.0126. The topological polar surface area (TPSA) is 65.8 Å². The lowest BCUT2D eigenvalue weighted by Gasteiger charge is -2.42. The Labute approximate surface area is 218 Å². The van der Waals surface area contributed by atoms with Crippen LogP contribution in [-0.2, 0) is 0 Å². The number of likely N-dealkylation sites (tertiary alicyclic amines) is 1. The number of aliphatic hydroxyl groups excluding tert-OH is 1. The Kier molecular flexibility index (Phi) is 8.10. The number of aryl methyl sites for hydroxylation is 1. The van der Waals surface area contributed by atoms with E-state index in [0.717, 1.165) is 22.3 Å². The molecular weight excluding hydrogens is 505 g/mol. The number of halogens is 4. The van der Waals surface area contributed by atoms with E-state index in [4.69, 9.17) is 16.3 Å². The summed E-state index contributed by atoms with van der Waals surface area (Å²) >= 11 is 5.94. The number of hydrogen-bond acceptors (Lipinski definition) is 5. The molecule has 2 heterocycles. The van der Waals surface area contributed by atoms with Crippen molar-refractivity contribution in [2.24, 2.45) is 0 Å². The molecule has 37 heavy (non-hydrogen) atoms. The predicted molar refractivity (Wildman–Crippen MR) is 135 cm³/mol. The van der Waals surface area contributed by atoms with Crippen molar-refractivity contribution in [1.82, 2.24) is 9.88 Å². The number of aromatic nitrogens is 1. The molecule has 0 amide bonds. The van der Waals surface area contributed by atoms with Crippen LogP contribution in [0.25, 0.3) is 11.1 Å². The van der Waals surface area contributed by atoms with Gasteiger partial charge in [-0.2, -0.15) is 13.2 Å². The number of nitrogens with zero attached hydrogens (tertiary/aromatic N) is 2. The lowest BCUT2D eigenvalue weighted by atomic mass is 9.88. The van der Waals surface area contributed by atoms with Crippen molar-refractivity contribution in [2.45, 2.75) is 31.2 Å². The van der Waals surface area contributed by atoms with Gasteiger partial charge in [0, 0.05) is 48.4 Å². The number of hydrogen-bond donors (Lipinski definition) is 2. The minimum Gasteiger partial charge on any atom is -0.492 e. The zero-order valence-electron chi connectivity index (χ0n) is 20.1. The molecule has 2 N–H and O–H groups in total. The molecule has 1 fully saturated rings. The molecule has 3 aromatic rings. The van der Waals surface area contributed by atoms with Gasteiger partial charge < -0.3 is 14.9 Å². The molecule has 1 aromatic heterocycles. The maximum Gasteiger partial charge on any atom is 0.419 e. The summed E-state index contributed by atoms with van der Waals surface area (Å²) in [4.78, 5) is 6.06. The van der Waals surface area contributed by atoms with E-state index in [2.05, 4.69) is 16.8 Å². The van der Waals surface area contributed by atoms with Crippen LogP contribution in [0.5, 0.6) is 5.75 Å². The van der Waals surface area contributed by atoms with E-state index >= 15 is 0 Å². The minimum atomic E-state index is -4.87. The molecule has 0 saturated carbocycles. The van der Waals surface area contributed by atoms with Crippen LogP contribution in [0.4, 0.5) is 13.2 Å². The van der Waals surface area contributed by atoms with Crippen LogP contribution in [0, 0.1) is 18.8 Å². The molecule has 1 aliphatic rings. The molecule has 2 aromatic carbocycles. The van der Waals surface area contributed by atoms with Gasteiger partial charge in [0.25, 0.3) is 0 Å². The molecule has 0 spiro atoms. The number of benzene rings is 2. The Hall–Kier alpha value is -3.09. The molecule has 194 valence electrons. The summed E-state index contributed by atoms with van der Waals surface area (Å²) < 4.78 is 44.9. The fourth-order valence-electron chi connectivity index (χ4n) is 4.11. The third kappa shape index (κ3) is 6.43. The Bertz CT molecular complexity index is 1290. The van der Waals surface area contributed by atoms with Crippen molar-refractivity contribution in [3.8, 4) is 28.7 Å². The van der Waals surface area contributed by atoms with E-state index in [1.165, 1.54) is 0 Å². The Morgan fingerprint density at radius 2 is 1.84 bits per heavy atom. The average molecular weight is 531 g/mol. The van der Waals surface area contributed by atoms with Gasteiger partial charge in [-0.3, -0.25) is 4.90 Å². The highest BCUT2D eigenvalue weighted by molar-refractivity contribution is 6.30. The summed E-state index contributed by atoms with van der Waals surface area (Å²) in [5.41, 5.74) is 1.21. The maximum absolute atomic E-state index is 13.0. The number of ether oxygens (including phenoxy) is 1. The molecule has 5 nitrogen and oxygen atoms in total. The van der Waals surface area contributed by atoms with Crippen molar-refractivity contribution in [3.05, 3.63) is 82.6 Å². The first-order valence-corrected chi connectivity index (χ1v) is 12.1. The van der Waals surface area contributed by atoms with Gasteiger partial charge in [0.2, 0.25) is 0 Å². The quantitative estimate of drug-likeness (QED) is 0.462. The highest BCUT2D eigenvalue weighted by Gasteiger charge is 2.59. The number of alkyl halides is 3. The first-order chi connectivity index (χ1) is 17.5. The van der Waals surface area contributed by atoms with Crippen molar-refractivity contribution < 1.29 is 28.1 Å². The third-order valence-electron chi connectivity index (χ3n) is 6.40. The van der Waals surface area contributed by atoms with Gasteiger partial charge in [-0.15, -0.1) is 0 Å². The van der Waals surface area contributed by atoms with E-state index in [1.54, 1.807) is 17.2 Å². The first kappa shape index (κ1) is 27.0. The van der Waals surface area contributed by atoms with E-state index in [-0.39, 0.29) is 19.7 Å². The molecule has 4 rings (SSSR count). The van der Waals surface area contributed by atoms with Gasteiger partial charge in [-0.25, -0.2) is 4.98 Å². The lowest BCUT2D eigenvalue weighted by molar-refractivity contribution is -0.302. The zero-order valence-corrected chi connectivity index (χ0v) is 20.9. The van der Waals surface area contributed by atoms with Gasteiger partial charge in [-0.1, -0.05) is 35.7 Å². The van der Waals surface area contributed by atoms with E-state index in [9.17, 15) is 23.4 Å². The summed E-state index contributed by atoms with van der Waals surface area (Å²) in [5.74, 6) is 6.78. The molecule has 1 aliphatic heterocycles. The van der Waals surface area contributed by atoms with Crippen LogP contribution in [0.3, 0.4) is 0 Å². The number of pyridine rings is 1. The van der Waals surface area contributed by atoms with Crippen LogP contribution >= 0.6 is 11.6 Å². The normalized spacial score (nSPS) is 20.2. The molecule has 2 atom stereocenters. The largest absolute Gasteiger partial charge is 0.492 e. The summed E-state index contributed by atoms with van der Waals surface area (Å²) in [7, 11) is 0. The summed E-state index contributed by atoms with van der Waals surface area (Å²) in [5, 5.41) is 20.3. The maximum atomic E-state index is 13.0. The van der Waals surface area contributed by atoms with Gasteiger partial charge in [0.05, 0.1) is 0 Å². The summed E-state index contributed by atoms with van der Waals surface area (Å²) in [6.07, 6.45) is -5.58. The fourth-order valence-corrected chi connectivity index (χ4v) is 4.23. The predicted octanol–water partition coefficient (Wildman–Crippen LogP) is 4.85. The highest BCUT2D eigenvalue weighted by atomic mass is 35.5. The second-order valence-electron chi connectivity index (χ2n) is 9.01. The number of β-amino-alcohol motifs (C(OH)–C–C–N with tert-alkyl or cyclic N) is 1. The van der Waals surface area contributed by atoms with Gasteiger partial charge in [0.15, 0.2) is 5.60 Å². The average Bonchev–Trinajstić information content (AvgIpc) is 2.86. The van der Waals surface area contributed by atoms with Crippen LogP contribution in [0.1, 0.15) is 23.2 Å². The van der Waals surface area contributed by atoms with Gasteiger partial charge >= 0.3 is 6.18 Å². The van der Waals surface area contributed by atoms with Crippen LogP contribution in [0.15, 0.2) is 60.8 Å². The molecule has 1 saturated heterocycles. The second kappa shape index (κ2) is 11.1. The first-order valence-electron chi connectivity index (χ1n) is 11.7. The molecule has 0 aliphatic carbocycles. The van der Waals surface area contributed by atoms with E-state index in [0.29, 0.717) is 23.0 Å². The van der Waals surface area contributed by atoms with Crippen molar-refractivity contribution in [1.29, 1.82) is 0 Å². The number of aliphatic hydroxyl groups is 2. The fraction of sp³-hybridized carbons (Fsp3) is 0.321. The van der Waals surface area contributed by atoms with Crippen LogP contribution in [-0.4, -0.2) is 64.2 Å².